The summed E-state index contributed by atoms with van der Waals surface area (Å²) in [4.78, 5) is 0. The lowest BCUT2D eigenvalue weighted by atomic mass is 9.85. The minimum Gasteiger partial charge on any atom is -0.381 e. The number of nitrogens with one attached hydrogen (secondary N) is 2. The molecule has 204 valence electrons. The summed E-state index contributed by atoms with van der Waals surface area (Å²) in [5, 5.41) is 7.05. The van der Waals surface area contributed by atoms with Crippen LogP contribution in [-0.4, -0.2) is 0 Å². The highest BCUT2D eigenvalue weighted by atomic mass is 14.9. The maximum absolute atomic E-state index is 3.52. The van der Waals surface area contributed by atoms with Crippen molar-refractivity contribution in [1.82, 2.24) is 0 Å². The van der Waals surface area contributed by atoms with Gasteiger partial charge in [0.25, 0.3) is 0 Å². The Bertz CT molecular complexity index is 1580. The van der Waals surface area contributed by atoms with Crippen LogP contribution < -0.4 is 10.6 Å². The molecule has 42 heavy (non-hydrogen) atoms. The summed E-state index contributed by atoms with van der Waals surface area (Å²) < 4.78 is 0. The molecule has 0 amide bonds. The zero-order chi connectivity index (χ0) is 28.4. The molecule has 0 aliphatic rings. The van der Waals surface area contributed by atoms with E-state index in [1.165, 1.54) is 44.5 Å². The van der Waals surface area contributed by atoms with Crippen LogP contribution in [0.5, 0.6) is 0 Å². The molecule has 0 bridgehead atoms. The van der Waals surface area contributed by atoms with Crippen LogP contribution in [0.1, 0.15) is 33.4 Å². The third-order valence-electron chi connectivity index (χ3n) is 7.40. The van der Waals surface area contributed by atoms with Crippen LogP contribution in [0.25, 0.3) is 11.1 Å². The Balaban J connectivity index is 1.37. The minimum absolute atomic E-state index is 0.776. The first-order chi connectivity index (χ1) is 20.8. The largest absolute Gasteiger partial charge is 0.381 e. The lowest BCUT2D eigenvalue weighted by Gasteiger charge is -2.19. The smallest absolute Gasteiger partial charge is 0.0400 e. The molecule has 6 rings (SSSR count). The molecular formula is C40H34N2. The van der Waals surface area contributed by atoms with E-state index in [4.69, 9.17) is 0 Å². The van der Waals surface area contributed by atoms with Gasteiger partial charge < -0.3 is 10.6 Å². The SMILES string of the molecule is c1ccc(NCc2ccc(/C(=C(/c3ccccc3)c3ccc(CNc4ccccc4)cc3)c3ccccc3)cc2)cc1. The van der Waals surface area contributed by atoms with Crippen LogP contribution in [0.4, 0.5) is 11.4 Å². The fourth-order valence-electron chi connectivity index (χ4n) is 5.22. The first kappa shape index (κ1) is 26.9. The predicted octanol–water partition coefficient (Wildman–Crippen LogP) is 9.92. The molecule has 0 aliphatic heterocycles. The van der Waals surface area contributed by atoms with Crippen LogP contribution in [0.2, 0.25) is 0 Å². The molecule has 2 N–H and O–H groups in total. The predicted molar refractivity (Wildman–Crippen MR) is 178 cm³/mol. The van der Waals surface area contributed by atoms with Gasteiger partial charge in [-0.2, -0.15) is 0 Å². The first-order valence-electron chi connectivity index (χ1n) is 14.4. The Morgan fingerprint density at radius 2 is 0.595 bits per heavy atom. The van der Waals surface area contributed by atoms with E-state index in [0.717, 1.165) is 24.5 Å². The topological polar surface area (TPSA) is 24.1 Å². The van der Waals surface area contributed by atoms with Crippen molar-refractivity contribution in [2.45, 2.75) is 13.1 Å². The lowest BCUT2D eigenvalue weighted by molar-refractivity contribution is 1.15. The summed E-state index contributed by atoms with van der Waals surface area (Å²) in [5.41, 5.74) is 12.0. The van der Waals surface area contributed by atoms with Gasteiger partial charge in [0.1, 0.15) is 0 Å². The van der Waals surface area contributed by atoms with Gasteiger partial charge in [-0.3, -0.25) is 0 Å². The molecule has 2 heteroatoms. The zero-order valence-corrected chi connectivity index (χ0v) is 23.6. The molecular weight excluding hydrogens is 508 g/mol. The average molecular weight is 543 g/mol. The van der Waals surface area contributed by atoms with Gasteiger partial charge in [-0.1, -0.05) is 146 Å². The molecule has 0 spiro atoms. The normalized spacial score (nSPS) is 11.4. The third kappa shape index (κ3) is 6.68. The van der Waals surface area contributed by atoms with E-state index in [-0.39, 0.29) is 0 Å². The van der Waals surface area contributed by atoms with E-state index in [1.54, 1.807) is 0 Å². The van der Waals surface area contributed by atoms with Crippen LogP contribution >= 0.6 is 0 Å². The van der Waals surface area contributed by atoms with Gasteiger partial charge in [0.2, 0.25) is 0 Å². The molecule has 2 nitrogen and oxygen atoms in total. The van der Waals surface area contributed by atoms with Crippen molar-refractivity contribution < 1.29 is 0 Å². The molecule has 0 aliphatic carbocycles. The van der Waals surface area contributed by atoms with Crippen LogP contribution in [0.15, 0.2) is 170 Å². The third-order valence-corrected chi connectivity index (χ3v) is 7.40. The first-order valence-corrected chi connectivity index (χ1v) is 14.4. The van der Waals surface area contributed by atoms with Crippen molar-refractivity contribution in [3.05, 3.63) is 203 Å². The Morgan fingerprint density at radius 3 is 0.929 bits per heavy atom. The summed E-state index contributed by atoms with van der Waals surface area (Å²) in [6.07, 6.45) is 0. The van der Waals surface area contributed by atoms with Crippen molar-refractivity contribution in [3.8, 4) is 0 Å². The maximum Gasteiger partial charge on any atom is 0.0400 e. The van der Waals surface area contributed by atoms with Crippen molar-refractivity contribution in [2.75, 3.05) is 10.6 Å². The molecule has 0 saturated carbocycles. The molecule has 6 aromatic rings. The highest BCUT2D eigenvalue weighted by molar-refractivity contribution is 6.04. The van der Waals surface area contributed by atoms with Crippen molar-refractivity contribution in [2.24, 2.45) is 0 Å². The quantitative estimate of drug-likeness (QED) is 0.168. The second-order valence-electron chi connectivity index (χ2n) is 10.3. The van der Waals surface area contributed by atoms with E-state index in [1.807, 2.05) is 12.1 Å². The molecule has 0 saturated heterocycles. The Labute approximate surface area is 249 Å². The number of benzene rings is 6. The van der Waals surface area contributed by atoms with Crippen LogP contribution in [0.3, 0.4) is 0 Å². The number of hydrogen-bond donors (Lipinski definition) is 2. The van der Waals surface area contributed by atoms with Crippen molar-refractivity contribution in [1.29, 1.82) is 0 Å². The van der Waals surface area contributed by atoms with E-state index < -0.39 is 0 Å². The summed E-state index contributed by atoms with van der Waals surface area (Å²) in [5.74, 6) is 0. The second kappa shape index (κ2) is 13.3. The number of anilines is 2. The van der Waals surface area contributed by atoms with Crippen LogP contribution in [0, 0.1) is 0 Å². The summed E-state index contributed by atoms with van der Waals surface area (Å²) in [6.45, 7) is 1.55. The monoisotopic (exact) mass is 542 g/mol. The number of rotatable bonds is 10. The molecule has 0 atom stereocenters. The van der Waals surface area contributed by atoms with E-state index >= 15 is 0 Å². The van der Waals surface area contributed by atoms with E-state index in [2.05, 4.69) is 168 Å². The molecule has 0 fully saturated rings. The van der Waals surface area contributed by atoms with Crippen molar-refractivity contribution >= 4 is 22.5 Å². The van der Waals surface area contributed by atoms with E-state index in [0.29, 0.717) is 0 Å². The average Bonchev–Trinajstić information content (AvgIpc) is 3.08. The van der Waals surface area contributed by atoms with Crippen molar-refractivity contribution in [3.63, 3.8) is 0 Å². The lowest BCUT2D eigenvalue weighted by Crippen LogP contribution is -2.01. The number of para-hydroxylation sites is 2. The Hall–Kier alpha value is -5.34. The second-order valence-corrected chi connectivity index (χ2v) is 10.3. The summed E-state index contributed by atoms with van der Waals surface area (Å²) in [6, 6.07) is 60.1. The van der Waals surface area contributed by atoms with Crippen LogP contribution in [-0.2, 0) is 13.1 Å². The zero-order valence-electron chi connectivity index (χ0n) is 23.6. The van der Waals surface area contributed by atoms with Gasteiger partial charge in [-0.25, -0.2) is 0 Å². The minimum atomic E-state index is 0.776. The van der Waals surface area contributed by atoms with Gasteiger partial charge in [-0.05, 0) is 68.8 Å². The van der Waals surface area contributed by atoms with Gasteiger partial charge in [0.15, 0.2) is 0 Å². The maximum atomic E-state index is 3.52. The van der Waals surface area contributed by atoms with Gasteiger partial charge in [0, 0.05) is 24.5 Å². The fourth-order valence-corrected chi connectivity index (χ4v) is 5.22. The fraction of sp³-hybridized carbons (Fsp3) is 0.0500. The highest BCUT2D eigenvalue weighted by Crippen LogP contribution is 2.37. The molecule has 0 radical (unpaired) electrons. The summed E-state index contributed by atoms with van der Waals surface area (Å²) in [7, 11) is 0. The Kier molecular flexibility index (Phi) is 8.53. The number of hydrogen-bond acceptors (Lipinski definition) is 2. The molecule has 0 aromatic heterocycles. The molecule has 0 unspecified atom stereocenters. The van der Waals surface area contributed by atoms with Gasteiger partial charge >= 0.3 is 0 Å². The standard InChI is InChI=1S/C40H34N2/c1-5-13-33(14-6-1)39(35-25-21-31(22-26-35)29-41-37-17-9-3-10-18-37)40(34-15-7-2-8-16-34)36-27-23-32(24-28-36)30-42-38-19-11-4-12-20-38/h1-28,41-42H,29-30H2/b40-39-. The molecule has 6 aromatic carbocycles. The van der Waals surface area contributed by atoms with E-state index in [9.17, 15) is 0 Å². The molecule has 0 heterocycles. The Morgan fingerprint density at radius 1 is 0.310 bits per heavy atom. The van der Waals surface area contributed by atoms with Gasteiger partial charge in [0.05, 0.1) is 0 Å². The highest BCUT2D eigenvalue weighted by Gasteiger charge is 2.16. The summed E-state index contributed by atoms with van der Waals surface area (Å²) >= 11 is 0. The van der Waals surface area contributed by atoms with Gasteiger partial charge in [-0.15, -0.1) is 0 Å².